The molecule has 1 heterocycles. The van der Waals surface area contributed by atoms with E-state index in [2.05, 4.69) is 0 Å². The van der Waals surface area contributed by atoms with E-state index >= 15 is 0 Å². The highest BCUT2D eigenvalue weighted by Crippen LogP contribution is 2.13. The van der Waals surface area contributed by atoms with Crippen LogP contribution in [0.3, 0.4) is 0 Å². The Morgan fingerprint density at radius 3 is 2.92 bits per heavy atom. The van der Waals surface area contributed by atoms with E-state index < -0.39 is 10.8 Å². The van der Waals surface area contributed by atoms with E-state index in [1.807, 2.05) is 11.4 Å². The minimum atomic E-state index is -1.11. The number of hydrogen-bond acceptors (Lipinski definition) is 3. The molecule has 0 N–H and O–H groups in total. The maximum atomic E-state index is 11.4. The molecular formula is C8H10O2S2. The van der Waals surface area contributed by atoms with Crippen molar-refractivity contribution < 1.29 is 9.00 Å². The summed E-state index contributed by atoms with van der Waals surface area (Å²) in [6, 6.07) is 3.64. The van der Waals surface area contributed by atoms with Crippen LogP contribution in [-0.2, 0) is 15.6 Å². The van der Waals surface area contributed by atoms with E-state index in [9.17, 15) is 9.00 Å². The molecule has 1 aromatic rings. The Bertz CT molecular complexity index is 277. The summed E-state index contributed by atoms with van der Waals surface area (Å²) in [5.74, 6) is 0.221. The summed E-state index contributed by atoms with van der Waals surface area (Å²) in [5, 5.41) is 1.86. The first-order valence-electron chi connectivity index (χ1n) is 3.67. The second kappa shape index (κ2) is 4.52. The predicted molar refractivity (Wildman–Crippen MR) is 50.9 cm³/mol. The molecule has 0 aliphatic heterocycles. The van der Waals surface area contributed by atoms with Gasteiger partial charge in [-0.25, -0.2) is 0 Å². The molecule has 12 heavy (non-hydrogen) atoms. The van der Waals surface area contributed by atoms with Crippen molar-refractivity contribution in [3.63, 3.8) is 0 Å². The van der Waals surface area contributed by atoms with Gasteiger partial charge in [-0.3, -0.25) is 9.00 Å². The van der Waals surface area contributed by atoms with Gasteiger partial charge < -0.3 is 0 Å². The molecule has 4 heteroatoms. The zero-order valence-electron chi connectivity index (χ0n) is 6.78. The largest absolute Gasteiger partial charge is 0.299 e. The van der Waals surface area contributed by atoms with Gasteiger partial charge in [-0.1, -0.05) is 13.0 Å². The normalized spacial score (nSPS) is 12.8. The van der Waals surface area contributed by atoms with Crippen molar-refractivity contribution >= 4 is 27.9 Å². The summed E-state index contributed by atoms with van der Waals surface area (Å²) < 4.78 is 12.2. The Kier molecular flexibility index (Phi) is 3.62. The van der Waals surface area contributed by atoms with Crippen molar-refractivity contribution in [2.75, 3.05) is 5.75 Å². The molecule has 0 saturated heterocycles. The maximum Gasteiger partial charge on any atom is 0.145 e. The molecule has 1 rings (SSSR count). The molecule has 2 nitrogen and oxygen atoms in total. The smallest absolute Gasteiger partial charge is 0.145 e. The minimum absolute atomic E-state index is 0.0572. The third kappa shape index (κ3) is 2.53. The second-order valence-electron chi connectivity index (χ2n) is 2.31. The summed E-state index contributed by atoms with van der Waals surface area (Å²) in [4.78, 5) is 10.9. The second-order valence-corrected chi connectivity index (χ2v) is 4.94. The molecule has 1 unspecified atom stereocenters. The van der Waals surface area contributed by atoms with Gasteiger partial charge in [0.25, 0.3) is 0 Å². The number of carbonyl (C=O) groups excluding carboxylic acids is 1. The molecule has 66 valence electrons. The number of Topliss-reactive ketones (excluding diaryl/α,β-unsaturated/α-hetero) is 1. The SMILES string of the molecule is CCC(=O)CS(=O)c1cccs1. The molecule has 0 spiro atoms. The first-order chi connectivity index (χ1) is 5.74. The fourth-order valence-electron chi connectivity index (χ4n) is 0.712. The van der Waals surface area contributed by atoms with Crippen LogP contribution >= 0.6 is 11.3 Å². The number of thiophene rings is 1. The lowest BCUT2D eigenvalue weighted by atomic mass is 10.4. The standard InChI is InChI=1S/C8H10O2S2/c1-2-7(9)6-12(10)8-4-3-5-11-8/h3-5H,2,6H2,1H3. The highest BCUT2D eigenvalue weighted by atomic mass is 32.2. The molecule has 1 atom stereocenters. The van der Waals surface area contributed by atoms with E-state index in [4.69, 9.17) is 0 Å². The topological polar surface area (TPSA) is 34.1 Å². The van der Waals surface area contributed by atoms with Gasteiger partial charge >= 0.3 is 0 Å². The zero-order valence-corrected chi connectivity index (χ0v) is 8.41. The summed E-state index contributed by atoms with van der Waals surface area (Å²) in [7, 11) is -1.11. The molecule has 0 aliphatic rings. The Labute approximate surface area is 78.1 Å². The van der Waals surface area contributed by atoms with Crippen molar-refractivity contribution in [1.29, 1.82) is 0 Å². The van der Waals surface area contributed by atoms with E-state index in [0.29, 0.717) is 6.42 Å². The van der Waals surface area contributed by atoms with Crippen LogP contribution < -0.4 is 0 Å². The Morgan fingerprint density at radius 2 is 2.42 bits per heavy atom. The molecule has 0 bridgehead atoms. The first-order valence-corrected chi connectivity index (χ1v) is 5.87. The Hall–Kier alpha value is -0.480. The average Bonchev–Trinajstić information content (AvgIpc) is 2.56. The number of carbonyl (C=O) groups is 1. The van der Waals surface area contributed by atoms with Crippen LogP contribution in [0.25, 0.3) is 0 Å². The van der Waals surface area contributed by atoms with E-state index in [1.165, 1.54) is 11.3 Å². The maximum absolute atomic E-state index is 11.4. The minimum Gasteiger partial charge on any atom is -0.299 e. The van der Waals surface area contributed by atoms with Crippen molar-refractivity contribution in [3.8, 4) is 0 Å². The molecule has 0 fully saturated rings. The molecule has 0 aliphatic carbocycles. The fourth-order valence-corrected chi connectivity index (χ4v) is 2.80. The predicted octanol–water partition coefficient (Wildman–Crippen LogP) is 1.83. The Morgan fingerprint density at radius 1 is 1.67 bits per heavy atom. The number of rotatable bonds is 4. The molecular weight excluding hydrogens is 192 g/mol. The molecule has 0 saturated carbocycles. The zero-order chi connectivity index (χ0) is 8.97. The van der Waals surface area contributed by atoms with Gasteiger partial charge in [0.05, 0.1) is 20.8 Å². The van der Waals surface area contributed by atoms with Gasteiger partial charge in [0.1, 0.15) is 5.78 Å². The van der Waals surface area contributed by atoms with Crippen LogP contribution in [0.15, 0.2) is 21.7 Å². The third-order valence-electron chi connectivity index (χ3n) is 1.41. The lowest BCUT2D eigenvalue weighted by molar-refractivity contribution is -0.116. The van der Waals surface area contributed by atoms with Crippen LogP contribution in [0, 0.1) is 0 Å². The lowest BCUT2D eigenvalue weighted by Gasteiger charge is -1.95. The summed E-state index contributed by atoms with van der Waals surface area (Å²) >= 11 is 1.43. The van der Waals surface area contributed by atoms with Gasteiger partial charge in [0.2, 0.25) is 0 Å². The molecule has 0 aromatic carbocycles. The van der Waals surface area contributed by atoms with Crippen LogP contribution in [0.2, 0.25) is 0 Å². The van der Waals surface area contributed by atoms with Crippen LogP contribution in [0.1, 0.15) is 13.3 Å². The summed E-state index contributed by atoms with van der Waals surface area (Å²) in [6.07, 6.45) is 0.469. The fraction of sp³-hybridized carbons (Fsp3) is 0.375. The third-order valence-corrected chi connectivity index (χ3v) is 4.08. The number of hydrogen-bond donors (Lipinski definition) is 0. The van der Waals surface area contributed by atoms with E-state index in [0.717, 1.165) is 4.21 Å². The van der Waals surface area contributed by atoms with Gasteiger partial charge in [0, 0.05) is 6.42 Å². The van der Waals surface area contributed by atoms with Crippen LogP contribution in [0.5, 0.6) is 0 Å². The lowest BCUT2D eigenvalue weighted by Crippen LogP contribution is -2.07. The Balaban J connectivity index is 2.56. The summed E-state index contributed by atoms with van der Waals surface area (Å²) in [5.41, 5.74) is 0. The number of ketones is 1. The van der Waals surface area contributed by atoms with Gasteiger partial charge in [-0.2, -0.15) is 0 Å². The van der Waals surface area contributed by atoms with E-state index in [1.54, 1.807) is 13.0 Å². The average molecular weight is 202 g/mol. The van der Waals surface area contributed by atoms with Gasteiger partial charge in [-0.15, -0.1) is 11.3 Å². The highest BCUT2D eigenvalue weighted by molar-refractivity contribution is 7.88. The first kappa shape index (κ1) is 9.61. The van der Waals surface area contributed by atoms with Crippen molar-refractivity contribution in [3.05, 3.63) is 17.5 Å². The van der Waals surface area contributed by atoms with Crippen LogP contribution in [0.4, 0.5) is 0 Å². The monoisotopic (exact) mass is 202 g/mol. The van der Waals surface area contributed by atoms with Gasteiger partial charge in [-0.05, 0) is 11.4 Å². The molecule has 1 aromatic heterocycles. The summed E-state index contributed by atoms with van der Waals surface area (Å²) in [6.45, 7) is 1.79. The van der Waals surface area contributed by atoms with Crippen molar-refractivity contribution in [2.24, 2.45) is 0 Å². The molecule has 0 radical (unpaired) electrons. The van der Waals surface area contributed by atoms with Crippen LogP contribution in [-0.4, -0.2) is 15.7 Å². The van der Waals surface area contributed by atoms with Crippen molar-refractivity contribution in [1.82, 2.24) is 0 Å². The van der Waals surface area contributed by atoms with E-state index in [-0.39, 0.29) is 11.5 Å². The highest BCUT2D eigenvalue weighted by Gasteiger charge is 2.08. The van der Waals surface area contributed by atoms with Gasteiger partial charge in [0.15, 0.2) is 0 Å². The quantitative estimate of drug-likeness (QED) is 0.746. The van der Waals surface area contributed by atoms with Crippen molar-refractivity contribution in [2.45, 2.75) is 17.6 Å². The molecule has 0 amide bonds.